The van der Waals surface area contributed by atoms with Gasteiger partial charge in [-0.15, -0.1) is 0 Å². The van der Waals surface area contributed by atoms with Crippen LogP contribution >= 0.6 is 0 Å². The van der Waals surface area contributed by atoms with E-state index in [2.05, 4.69) is 18.8 Å². The van der Waals surface area contributed by atoms with Gasteiger partial charge >= 0.3 is 0 Å². The van der Waals surface area contributed by atoms with Gasteiger partial charge in [0.15, 0.2) is 0 Å². The standard InChI is InChI=1S/C15H20FNO/c1-3-5-12(2)18-11-13-7-8-15(16)14(10-13)6-4-9-17/h7-8,10,12H,3,5,9,11,17H2,1-2H3. The van der Waals surface area contributed by atoms with Gasteiger partial charge in [0.2, 0.25) is 0 Å². The fourth-order valence-corrected chi connectivity index (χ4v) is 1.63. The normalized spacial score (nSPS) is 11.8. The van der Waals surface area contributed by atoms with Crippen molar-refractivity contribution in [3.8, 4) is 11.8 Å². The second-order valence-electron chi connectivity index (χ2n) is 4.23. The Labute approximate surface area is 108 Å². The van der Waals surface area contributed by atoms with Crippen LogP contribution in [0.25, 0.3) is 0 Å². The van der Waals surface area contributed by atoms with Crippen molar-refractivity contribution >= 4 is 0 Å². The average Bonchev–Trinajstić information content (AvgIpc) is 2.36. The highest BCUT2D eigenvalue weighted by atomic mass is 19.1. The van der Waals surface area contributed by atoms with Gasteiger partial charge in [-0.2, -0.15) is 0 Å². The van der Waals surface area contributed by atoms with E-state index in [1.807, 2.05) is 6.92 Å². The third-order valence-corrected chi connectivity index (χ3v) is 2.59. The fraction of sp³-hybridized carbons (Fsp3) is 0.467. The summed E-state index contributed by atoms with van der Waals surface area (Å²) in [6.07, 6.45) is 2.34. The molecule has 0 radical (unpaired) electrons. The van der Waals surface area contributed by atoms with E-state index in [0.717, 1.165) is 18.4 Å². The second-order valence-corrected chi connectivity index (χ2v) is 4.23. The zero-order chi connectivity index (χ0) is 13.4. The van der Waals surface area contributed by atoms with Crippen LogP contribution in [0.5, 0.6) is 0 Å². The third kappa shape index (κ3) is 4.87. The van der Waals surface area contributed by atoms with E-state index in [0.29, 0.717) is 12.2 Å². The Morgan fingerprint density at radius 2 is 2.22 bits per heavy atom. The summed E-state index contributed by atoms with van der Waals surface area (Å²) < 4.78 is 19.1. The Morgan fingerprint density at radius 3 is 2.89 bits per heavy atom. The molecule has 0 saturated carbocycles. The highest BCUT2D eigenvalue weighted by molar-refractivity contribution is 5.38. The van der Waals surface area contributed by atoms with Gasteiger partial charge in [-0.05, 0) is 31.0 Å². The summed E-state index contributed by atoms with van der Waals surface area (Å²) in [5, 5.41) is 0. The molecule has 1 atom stereocenters. The minimum absolute atomic E-state index is 0.221. The molecule has 0 aliphatic rings. The molecule has 98 valence electrons. The molecule has 0 aromatic heterocycles. The van der Waals surface area contributed by atoms with Gasteiger partial charge < -0.3 is 10.5 Å². The largest absolute Gasteiger partial charge is 0.374 e. The highest BCUT2D eigenvalue weighted by Gasteiger charge is 2.04. The molecule has 1 rings (SSSR count). The van der Waals surface area contributed by atoms with Crippen LogP contribution in [0.2, 0.25) is 0 Å². The van der Waals surface area contributed by atoms with Gasteiger partial charge in [-0.1, -0.05) is 31.3 Å². The predicted molar refractivity (Wildman–Crippen MR) is 71.5 cm³/mol. The number of halogens is 1. The molecular weight excluding hydrogens is 229 g/mol. The van der Waals surface area contributed by atoms with Crippen molar-refractivity contribution in [1.29, 1.82) is 0 Å². The van der Waals surface area contributed by atoms with Gasteiger partial charge in [0.1, 0.15) is 5.82 Å². The lowest BCUT2D eigenvalue weighted by molar-refractivity contribution is 0.0471. The van der Waals surface area contributed by atoms with Gasteiger partial charge in [0, 0.05) is 0 Å². The first-order valence-electron chi connectivity index (χ1n) is 6.26. The Hall–Kier alpha value is -1.37. The fourth-order valence-electron chi connectivity index (χ4n) is 1.63. The Kier molecular flexibility index (Phi) is 6.42. The topological polar surface area (TPSA) is 35.2 Å². The maximum atomic E-state index is 13.4. The van der Waals surface area contributed by atoms with Crippen LogP contribution in [0.15, 0.2) is 18.2 Å². The quantitative estimate of drug-likeness (QED) is 0.814. The smallest absolute Gasteiger partial charge is 0.138 e. The minimum atomic E-state index is -0.318. The molecule has 18 heavy (non-hydrogen) atoms. The molecule has 0 fully saturated rings. The van der Waals surface area contributed by atoms with E-state index in [1.165, 1.54) is 6.07 Å². The maximum Gasteiger partial charge on any atom is 0.138 e. The van der Waals surface area contributed by atoms with Crippen LogP contribution in [-0.4, -0.2) is 12.6 Å². The zero-order valence-electron chi connectivity index (χ0n) is 11.0. The molecule has 0 saturated heterocycles. The van der Waals surface area contributed by atoms with Gasteiger partial charge in [0.25, 0.3) is 0 Å². The van der Waals surface area contributed by atoms with Crippen LogP contribution in [0.1, 0.15) is 37.8 Å². The van der Waals surface area contributed by atoms with Crippen molar-refractivity contribution in [1.82, 2.24) is 0 Å². The zero-order valence-corrected chi connectivity index (χ0v) is 11.0. The summed E-state index contributed by atoms with van der Waals surface area (Å²) >= 11 is 0. The van der Waals surface area contributed by atoms with E-state index in [-0.39, 0.29) is 18.5 Å². The van der Waals surface area contributed by atoms with Gasteiger partial charge in [0.05, 0.1) is 24.8 Å². The van der Waals surface area contributed by atoms with Gasteiger partial charge in [-0.3, -0.25) is 0 Å². The Balaban J connectivity index is 2.67. The molecule has 2 nitrogen and oxygen atoms in total. The van der Waals surface area contributed by atoms with E-state index in [1.54, 1.807) is 12.1 Å². The molecule has 0 heterocycles. The van der Waals surface area contributed by atoms with Crippen molar-refractivity contribution in [2.75, 3.05) is 6.54 Å². The van der Waals surface area contributed by atoms with Crippen molar-refractivity contribution in [2.45, 2.75) is 39.4 Å². The highest BCUT2D eigenvalue weighted by Crippen LogP contribution is 2.12. The van der Waals surface area contributed by atoms with E-state index >= 15 is 0 Å². The first-order valence-corrected chi connectivity index (χ1v) is 6.26. The monoisotopic (exact) mass is 249 g/mol. The van der Waals surface area contributed by atoms with Crippen molar-refractivity contribution in [2.24, 2.45) is 5.73 Å². The van der Waals surface area contributed by atoms with Crippen molar-refractivity contribution in [3.63, 3.8) is 0 Å². The van der Waals surface area contributed by atoms with Crippen LogP contribution in [-0.2, 0) is 11.3 Å². The Morgan fingerprint density at radius 1 is 1.44 bits per heavy atom. The number of hydrogen-bond acceptors (Lipinski definition) is 2. The molecule has 2 N–H and O–H groups in total. The molecule has 0 bridgehead atoms. The second kappa shape index (κ2) is 7.86. The molecule has 0 spiro atoms. The number of hydrogen-bond donors (Lipinski definition) is 1. The van der Waals surface area contributed by atoms with Gasteiger partial charge in [-0.25, -0.2) is 4.39 Å². The molecule has 1 aromatic carbocycles. The van der Waals surface area contributed by atoms with Crippen molar-refractivity contribution in [3.05, 3.63) is 35.1 Å². The molecule has 1 unspecified atom stereocenters. The summed E-state index contributed by atoms with van der Waals surface area (Å²) in [5.74, 6) is 5.06. The molecule has 0 aliphatic carbocycles. The summed E-state index contributed by atoms with van der Waals surface area (Å²) in [5.41, 5.74) is 6.59. The molecule has 0 aliphatic heterocycles. The number of ether oxygens (including phenoxy) is 1. The first-order chi connectivity index (χ1) is 8.67. The Bertz CT molecular complexity index is 434. The molecule has 3 heteroatoms. The van der Waals surface area contributed by atoms with Crippen LogP contribution in [0.3, 0.4) is 0 Å². The van der Waals surface area contributed by atoms with E-state index < -0.39 is 0 Å². The third-order valence-electron chi connectivity index (χ3n) is 2.59. The number of benzene rings is 1. The van der Waals surface area contributed by atoms with E-state index in [9.17, 15) is 4.39 Å². The number of rotatable bonds is 5. The van der Waals surface area contributed by atoms with E-state index in [4.69, 9.17) is 10.5 Å². The lowest BCUT2D eigenvalue weighted by Gasteiger charge is -2.12. The first kappa shape index (κ1) is 14.7. The van der Waals surface area contributed by atoms with Crippen LogP contribution in [0.4, 0.5) is 4.39 Å². The summed E-state index contributed by atoms with van der Waals surface area (Å²) in [6.45, 7) is 4.88. The lowest BCUT2D eigenvalue weighted by atomic mass is 10.1. The lowest BCUT2D eigenvalue weighted by Crippen LogP contribution is -2.07. The predicted octanol–water partition coefficient (Wildman–Crippen LogP) is 2.84. The van der Waals surface area contributed by atoms with Crippen LogP contribution < -0.4 is 5.73 Å². The van der Waals surface area contributed by atoms with Crippen molar-refractivity contribution < 1.29 is 9.13 Å². The molecular formula is C15H20FNO. The minimum Gasteiger partial charge on any atom is -0.374 e. The maximum absolute atomic E-state index is 13.4. The SMILES string of the molecule is CCCC(C)OCc1ccc(F)c(C#CCN)c1. The summed E-state index contributed by atoms with van der Waals surface area (Å²) in [6, 6.07) is 4.86. The summed E-state index contributed by atoms with van der Waals surface area (Å²) in [4.78, 5) is 0. The van der Waals surface area contributed by atoms with Crippen LogP contribution in [0, 0.1) is 17.7 Å². The summed E-state index contributed by atoms with van der Waals surface area (Å²) in [7, 11) is 0. The molecule has 1 aromatic rings. The average molecular weight is 249 g/mol. The molecule has 0 amide bonds. The number of nitrogens with two attached hydrogens (primary N) is 1.